The van der Waals surface area contributed by atoms with E-state index in [-0.39, 0.29) is 6.04 Å². The highest BCUT2D eigenvalue weighted by atomic mass is 32.2. The van der Waals surface area contributed by atoms with Crippen LogP contribution in [0, 0.1) is 27.7 Å². The Morgan fingerprint density at radius 1 is 0.857 bits per heavy atom. The summed E-state index contributed by atoms with van der Waals surface area (Å²) in [5.74, 6) is 0. The van der Waals surface area contributed by atoms with E-state index in [1.165, 1.54) is 0 Å². The molecule has 2 aromatic carbocycles. The minimum atomic E-state index is -3.65. The smallest absolute Gasteiger partial charge is 0.244 e. The van der Waals surface area contributed by atoms with Crippen molar-refractivity contribution in [2.45, 2.75) is 45.2 Å². The summed E-state index contributed by atoms with van der Waals surface area (Å²) in [6.07, 6.45) is 2.03. The van der Waals surface area contributed by atoms with Gasteiger partial charge in [-0.05, 0) is 56.5 Å². The number of nitrogens with zero attached hydrogens (tertiary/aromatic N) is 2. The van der Waals surface area contributed by atoms with Gasteiger partial charge < -0.3 is 4.57 Å². The van der Waals surface area contributed by atoms with E-state index in [1.54, 1.807) is 4.31 Å². The average Bonchev–Trinajstić information content (AvgIpc) is 3.09. The first-order chi connectivity index (χ1) is 13.3. The van der Waals surface area contributed by atoms with E-state index in [0.717, 1.165) is 33.5 Å². The fourth-order valence-corrected chi connectivity index (χ4v) is 6.39. The minimum Gasteiger partial charge on any atom is -0.348 e. The molecule has 1 unspecified atom stereocenters. The van der Waals surface area contributed by atoms with Crippen molar-refractivity contribution in [3.63, 3.8) is 0 Å². The largest absolute Gasteiger partial charge is 0.348 e. The molecule has 1 aliphatic rings. The Hall–Kier alpha value is -2.37. The quantitative estimate of drug-likeness (QED) is 0.656. The first-order valence-corrected chi connectivity index (χ1v) is 11.0. The first-order valence-electron chi connectivity index (χ1n) is 9.60. The van der Waals surface area contributed by atoms with Gasteiger partial charge in [0.25, 0.3) is 0 Å². The van der Waals surface area contributed by atoms with Crippen molar-refractivity contribution in [2.24, 2.45) is 0 Å². The van der Waals surface area contributed by atoms with Crippen molar-refractivity contribution < 1.29 is 8.42 Å². The first kappa shape index (κ1) is 19.0. The average molecular weight is 395 g/mol. The highest BCUT2D eigenvalue weighted by Crippen LogP contribution is 2.38. The predicted octanol–water partition coefficient (Wildman–Crippen LogP) is 4.52. The minimum absolute atomic E-state index is 0.325. The summed E-state index contributed by atoms with van der Waals surface area (Å²) >= 11 is 0. The van der Waals surface area contributed by atoms with Gasteiger partial charge >= 0.3 is 0 Å². The van der Waals surface area contributed by atoms with Crippen LogP contribution in [0.3, 0.4) is 0 Å². The second-order valence-corrected chi connectivity index (χ2v) is 9.61. The number of fused-ring (bicyclic) bond motifs is 1. The molecular formula is C23H26N2O2S. The van der Waals surface area contributed by atoms with Gasteiger partial charge in [-0.15, -0.1) is 0 Å². The van der Waals surface area contributed by atoms with E-state index in [1.807, 2.05) is 82.4 Å². The topological polar surface area (TPSA) is 42.3 Å². The molecule has 146 valence electrons. The SMILES string of the molecule is Cc1ccc(C2c3cccn3CCN2S(=O)(=O)c2c(C)cc(C)cc2C)cc1. The highest BCUT2D eigenvalue weighted by Gasteiger charge is 2.38. The van der Waals surface area contributed by atoms with Crippen LogP contribution in [0.4, 0.5) is 0 Å². The lowest BCUT2D eigenvalue weighted by atomic mass is 10.0. The summed E-state index contributed by atoms with van der Waals surface area (Å²) < 4.78 is 31.5. The van der Waals surface area contributed by atoms with Crippen LogP contribution < -0.4 is 0 Å². The second-order valence-electron chi connectivity index (χ2n) is 7.78. The Morgan fingerprint density at radius 2 is 1.50 bits per heavy atom. The lowest BCUT2D eigenvalue weighted by Crippen LogP contribution is -2.42. The highest BCUT2D eigenvalue weighted by molar-refractivity contribution is 7.89. The number of hydrogen-bond acceptors (Lipinski definition) is 2. The molecule has 0 bridgehead atoms. The van der Waals surface area contributed by atoms with E-state index in [0.29, 0.717) is 18.0 Å². The zero-order valence-corrected chi connectivity index (χ0v) is 17.6. The standard InChI is InChI=1S/C23H26N2O2S/c1-16-7-9-20(10-8-16)22-21-6-5-11-24(21)12-13-25(22)28(26,27)23-18(3)14-17(2)15-19(23)4/h5-11,14-15,22H,12-13H2,1-4H3. The van der Waals surface area contributed by atoms with Gasteiger partial charge in [0.15, 0.2) is 0 Å². The van der Waals surface area contributed by atoms with Gasteiger partial charge in [0.1, 0.15) is 0 Å². The second kappa shape index (κ2) is 6.90. The number of sulfonamides is 1. The molecular weight excluding hydrogens is 368 g/mol. The zero-order chi connectivity index (χ0) is 20.1. The predicted molar refractivity (Wildman–Crippen MR) is 112 cm³/mol. The molecule has 0 spiro atoms. The molecule has 5 heteroatoms. The van der Waals surface area contributed by atoms with Crippen LogP contribution in [0.5, 0.6) is 0 Å². The van der Waals surface area contributed by atoms with Crippen molar-refractivity contribution in [3.8, 4) is 0 Å². The van der Waals surface area contributed by atoms with Crippen molar-refractivity contribution >= 4 is 10.0 Å². The van der Waals surface area contributed by atoms with Gasteiger partial charge in [-0.3, -0.25) is 0 Å². The van der Waals surface area contributed by atoms with Crippen LogP contribution in [0.15, 0.2) is 59.6 Å². The Labute approximate surface area is 167 Å². The van der Waals surface area contributed by atoms with Crippen molar-refractivity contribution in [2.75, 3.05) is 6.54 Å². The molecule has 1 atom stereocenters. The van der Waals surface area contributed by atoms with Crippen LogP contribution in [0.2, 0.25) is 0 Å². The maximum absolute atomic E-state index is 13.8. The number of hydrogen-bond donors (Lipinski definition) is 0. The summed E-state index contributed by atoms with van der Waals surface area (Å²) in [6.45, 7) is 8.93. The van der Waals surface area contributed by atoms with E-state index in [4.69, 9.17) is 0 Å². The molecule has 0 fully saturated rings. The van der Waals surface area contributed by atoms with Crippen LogP contribution in [0.25, 0.3) is 0 Å². The molecule has 28 heavy (non-hydrogen) atoms. The lowest BCUT2D eigenvalue weighted by molar-refractivity contribution is 0.298. The summed E-state index contributed by atoms with van der Waals surface area (Å²) in [4.78, 5) is 0.440. The molecule has 3 aromatic rings. The molecule has 0 N–H and O–H groups in total. The van der Waals surface area contributed by atoms with E-state index < -0.39 is 10.0 Å². The third-order valence-corrected chi connectivity index (χ3v) is 7.73. The summed E-state index contributed by atoms with van der Waals surface area (Å²) in [5, 5.41) is 0. The number of aromatic nitrogens is 1. The summed E-state index contributed by atoms with van der Waals surface area (Å²) in [6, 6.07) is 15.8. The van der Waals surface area contributed by atoms with Crippen LogP contribution in [-0.4, -0.2) is 23.8 Å². The number of benzene rings is 2. The number of aryl methyl sites for hydroxylation is 4. The Morgan fingerprint density at radius 3 is 2.14 bits per heavy atom. The Bertz CT molecular complexity index is 1100. The van der Waals surface area contributed by atoms with Gasteiger partial charge in [0, 0.05) is 25.0 Å². The van der Waals surface area contributed by atoms with E-state index >= 15 is 0 Å². The number of rotatable bonds is 3. The third kappa shape index (κ3) is 3.09. The molecule has 4 rings (SSSR count). The van der Waals surface area contributed by atoms with Crippen LogP contribution >= 0.6 is 0 Å². The molecule has 0 amide bonds. The molecule has 1 aromatic heterocycles. The van der Waals surface area contributed by atoms with Gasteiger partial charge in [0.2, 0.25) is 10.0 Å². The molecule has 0 saturated heterocycles. The fraction of sp³-hybridized carbons (Fsp3) is 0.304. The molecule has 4 nitrogen and oxygen atoms in total. The van der Waals surface area contributed by atoms with Crippen LogP contribution in [-0.2, 0) is 16.6 Å². The molecule has 1 aliphatic heterocycles. The van der Waals surface area contributed by atoms with Crippen LogP contribution in [0.1, 0.15) is 39.6 Å². The Kier molecular flexibility index (Phi) is 4.68. The maximum Gasteiger partial charge on any atom is 0.244 e. The van der Waals surface area contributed by atoms with Gasteiger partial charge in [-0.25, -0.2) is 8.42 Å². The lowest BCUT2D eigenvalue weighted by Gasteiger charge is -2.37. The molecule has 0 aliphatic carbocycles. The zero-order valence-electron chi connectivity index (χ0n) is 16.8. The van der Waals surface area contributed by atoms with Crippen molar-refractivity contribution in [1.29, 1.82) is 0 Å². The Balaban J connectivity index is 1.89. The summed E-state index contributed by atoms with van der Waals surface area (Å²) in [7, 11) is -3.65. The fourth-order valence-electron chi connectivity index (χ4n) is 4.40. The molecule has 0 radical (unpaired) electrons. The van der Waals surface area contributed by atoms with Gasteiger partial charge in [-0.1, -0.05) is 47.5 Å². The van der Waals surface area contributed by atoms with E-state index in [2.05, 4.69) is 4.57 Å². The maximum atomic E-state index is 13.8. The van der Waals surface area contributed by atoms with Crippen molar-refractivity contribution in [3.05, 3.63) is 88.2 Å². The van der Waals surface area contributed by atoms with Crippen molar-refractivity contribution in [1.82, 2.24) is 8.87 Å². The van der Waals surface area contributed by atoms with Gasteiger partial charge in [-0.2, -0.15) is 4.31 Å². The normalized spacial score (nSPS) is 17.5. The summed E-state index contributed by atoms with van der Waals surface area (Å²) in [5.41, 5.74) is 5.87. The third-order valence-electron chi connectivity index (χ3n) is 5.56. The monoisotopic (exact) mass is 394 g/mol. The van der Waals surface area contributed by atoms with E-state index in [9.17, 15) is 8.42 Å². The molecule has 0 saturated carbocycles. The van der Waals surface area contributed by atoms with Gasteiger partial charge in [0.05, 0.1) is 10.9 Å². The molecule has 2 heterocycles.